The number of fused-ring (bicyclic) bond motifs is 1. The van der Waals surface area contributed by atoms with Crippen LogP contribution in [0, 0.1) is 10.1 Å². The zero-order chi connectivity index (χ0) is 18.1. The summed E-state index contributed by atoms with van der Waals surface area (Å²) in [5.74, 6) is 0.433. The van der Waals surface area contributed by atoms with Crippen LogP contribution in [-0.2, 0) is 0 Å². The molecule has 4 aromatic rings. The van der Waals surface area contributed by atoms with E-state index in [9.17, 15) is 10.1 Å². The quantitative estimate of drug-likeness (QED) is 0.355. The molecule has 0 aliphatic rings. The van der Waals surface area contributed by atoms with Crippen molar-refractivity contribution < 1.29 is 4.92 Å². The summed E-state index contributed by atoms with van der Waals surface area (Å²) in [6.07, 6.45) is 0. The number of halogens is 1. The van der Waals surface area contributed by atoms with E-state index < -0.39 is 4.92 Å². The lowest BCUT2D eigenvalue weighted by Gasteiger charge is -2.09. The second-order valence-corrected chi connectivity index (χ2v) is 6.17. The van der Waals surface area contributed by atoms with Gasteiger partial charge in [-0.1, -0.05) is 54.1 Å². The van der Waals surface area contributed by atoms with Crippen molar-refractivity contribution in [2.24, 2.45) is 0 Å². The highest BCUT2D eigenvalue weighted by molar-refractivity contribution is 6.31. The molecule has 0 radical (unpaired) electrons. The van der Waals surface area contributed by atoms with Crippen molar-refractivity contribution in [3.63, 3.8) is 0 Å². The molecule has 5 nitrogen and oxygen atoms in total. The van der Waals surface area contributed by atoms with E-state index in [-0.39, 0.29) is 5.69 Å². The highest BCUT2D eigenvalue weighted by Crippen LogP contribution is 2.31. The number of hydrogen-bond acceptors (Lipinski definition) is 4. The van der Waals surface area contributed by atoms with Crippen molar-refractivity contribution >= 4 is 28.2 Å². The number of aromatic nitrogens is 2. The van der Waals surface area contributed by atoms with Gasteiger partial charge in [0.1, 0.15) is 0 Å². The van der Waals surface area contributed by atoms with Crippen LogP contribution in [0.15, 0.2) is 72.8 Å². The number of rotatable bonds is 3. The predicted octanol–water partition coefficient (Wildman–Crippen LogP) is 5.53. The molecule has 126 valence electrons. The summed E-state index contributed by atoms with van der Waals surface area (Å²) in [6.45, 7) is 0. The Morgan fingerprint density at radius 2 is 1.62 bits per heavy atom. The van der Waals surface area contributed by atoms with Crippen LogP contribution in [-0.4, -0.2) is 14.9 Å². The highest BCUT2D eigenvalue weighted by Gasteiger charge is 2.14. The predicted molar refractivity (Wildman–Crippen MR) is 102 cm³/mol. The van der Waals surface area contributed by atoms with E-state index in [1.165, 1.54) is 12.1 Å². The Balaban J connectivity index is 1.99. The van der Waals surface area contributed by atoms with Crippen LogP contribution < -0.4 is 0 Å². The molecule has 0 N–H and O–H groups in total. The average molecular weight is 362 g/mol. The second kappa shape index (κ2) is 6.54. The topological polar surface area (TPSA) is 68.9 Å². The molecule has 0 aliphatic heterocycles. The Kier molecular flexibility index (Phi) is 4.07. The normalized spacial score (nSPS) is 10.8. The van der Waals surface area contributed by atoms with E-state index in [1.807, 2.05) is 42.5 Å². The average Bonchev–Trinajstić information content (AvgIpc) is 2.68. The van der Waals surface area contributed by atoms with Crippen molar-refractivity contribution in [3.05, 3.63) is 87.9 Å². The van der Waals surface area contributed by atoms with Gasteiger partial charge in [-0.2, -0.15) is 0 Å². The van der Waals surface area contributed by atoms with Gasteiger partial charge in [0.25, 0.3) is 5.69 Å². The van der Waals surface area contributed by atoms with Crippen molar-refractivity contribution in [2.75, 3.05) is 0 Å². The molecule has 0 atom stereocenters. The molecule has 0 unspecified atom stereocenters. The third-order valence-electron chi connectivity index (χ3n) is 4.02. The van der Waals surface area contributed by atoms with Crippen LogP contribution >= 0.6 is 11.6 Å². The first-order valence-corrected chi connectivity index (χ1v) is 8.27. The Labute approximate surface area is 154 Å². The minimum atomic E-state index is -0.428. The Morgan fingerprint density at radius 1 is 0.846 bits per heavy atom. The molecule has 0 aliphatic carbocycles. The Hall–Kier alpha value is -3.31. The van der Waals surface area contributed by atoms with Gasteiger partial charge in [0, 0.05) is 33.7 Å². The number of hydrogen-bond donors (Lipinski definition) is 0. The number of nitro benzene ring substituents is 1. The van der Waals surface area contributed by atoms with Crippen LogP contribution in [0.25, 0.3) is 33.5 Å². The monoisotopic (exact) mass is 361 g/mol. The minimum absolute atomic E-state index is 0.00330. The zero-order valence-electron chi connectivity index (χ0n) is 13.5. The van der Waals surface area contributed by atoms with Gasteiger partial charge in [-0.15, -0.1) is 0 Å². The maximum atomic E-state index is 11.1. The van der Waals surface area contributed by atoms with E-state index in [4.69, 9.17) is 16.6 Å². The van der Waals surface area contributed by atoms with Crippen LogP contribution in [0.1, 0.15) is 0 Å². The molecule has 26 heavy (non-hydrogen) atoms. The van der Waals surface area contributed by atoms with E-state index in [0.29, 0.717) is 16.4 Å². The van der Waals surface area contributed by atoms with Gasteiger partial charge in [-0.3, -0.25) is 10.1 Å². The Morgan fingerprint density at radius 3 is 2.38 bits per heavy atom. The van der Waals surface area contributed by atoms with Gasteiger partial charge in [0.2, 0.25) is 0 Å². The molecule has 1 heterocycles. The summed E-state index contributed by atoms with van der Waals surface area (Å²) in [5, 5.41) is 12.5. The van der Waals surface area contributed by atoms with E-state index in [2.05, 4.69) is 4.98 Å². The summed E-state index contributed by atoms with van der Waals surface area (Å²) < 4.78 is 0. The van der Waals surface area contributed by atoms with Crippen LogP contribution in [0.2, 0.25) is 5.02 Å². The second-order valence-electron chi connectivity index (χ2n) is 5.73. The third kappa shape index (κ3) is 3.00. The van der Waals surface area contributed by atoms with Crippen LogP contribution in [0.5, 0.6) is 0 Å². The molecule has 0 saturated carbocycles. The fraction of sp³-hybridized carbons (Fsp3) is 0. The lowest BCUT2D eigenvalue weighted by Crippen LogP contribution is -1.96. The minimum Gasteiger partial charge on any atom is -0.258 e. The van der Waals surface area contributed by atoms with Crippen molar-refractivity contribution in [3.8, 4) is 22.6 Å². The van der Waals surface area contributed by atoms with Gasteiger partial charge in [0.05, 0.1) is 16.1 Å². The van der Waals surface area contributed by atoms with Gasteiger partial charge in [0.15, 0.2) is 5.82 Å². The van der Waals surface area contributed by atoms with Crippen molar-refractivity contribution in [1.82, 2.24) is 9.97 Å². The van der Waals surface area contributed by atoms with Crippen LogP contribution in [0.3, 0.4) is 0 Å². The maximum Gasteiger partial charge on any atom is 0.270 e. The standard InChI is InChI=1S/C20H12ClN3O2/c21-15-9-10-18-17(12-15)19(13-5-2-1-3-6-13)23-20(22-18)14-7-4-8-16(11-14)24(25)26/h1-12H. The van der Waals surface area contributed by atoms with E-state index in [0.717, 1.165) is 22.2 Å². The lowest BCUT2D eigenvalue weighted by atomic mass is 10.1. The summed E-state index contributed by atoms with van der Waals surface area (Å²) in [6, 6.07) is 21.5. The fourth-order valence-electron chi connectivity index (χ4n) is 2.80. The van der Waals surface area contributed by atoms with Crippen molar-refractivity contribution in [1.29, 1.82) is 0 Å². The molecule has 0 fully saturated rings. The summed E-state index contributed by atoms with van der Waals surface area (Å²) in [7, 11) is 0. The van der Waals surface area contributed by atoms with Gasteiger partial charge in [-0.05, 0) is 18.2 Å². The number of nitrogens with zero attached hydrogens (tertiary/aromatic N) is 3. The first-order chi connectivity index (χ1) is 12.6. The summed E-state index contributed by atoms with van der Waals surface area (Å²) >= 11 is 6.16. The molecule has 6 heteroatoms. The van der Waals surface area contributed by atoms with Crippen molar-refractivity contribution in [2.45, 2.75) is 0 Å². The first kappa shape index (κ1) is 16.2. The summed E-state index contributed by atoms with van der Waals surface area (Å²) in [5.41, 5.74) is 2.98. The summed E-state index contributed by atoms with van der Waals surface area (Å²) in [4.78, 5) is 19.9. The number of benzene rings is 3. The third-order valence-corrected chi connectivity index (χ3v) is 4.26. The van der Waals surface area contributed by atoms with E-state index in [1.54, 1.807) is 18.2 Å². The lowest BCUT2D eigenvalue weighted by molar-refractivity contribution is -0.384. The first-order valence-electron chi connectivity index (χ1n) is 7.89. The number of nitro groups is 1. The van der Waals surface area contributed by atoms with Crippen LogP contribution in [0.4, 0.5) is 5.69 Å². The zero-order valence-corrected chi connectivity index (χ0v) is 14.2. The molecule has 3 aromatic carbocycles. The highest BCUT2D eigenvalue weighted by atomic mass is 35.5. The smallest absolute Gasteiger partial charge is 0.258 e. The number of non-ortho nitro benzene ring substituents is 1. The SMILES string of the molecule is O=[N+]([O-])c1cccc(-c2nc(-c3ccccc3)c3cc(Cl)ccc3n2)c1. The van der Waals surface area contributed by atoms with Gasteiger partial charge < -0.3 is 0 Å². The van der Waals surface area contributed by atoms with E-state index >= 15 is 0 Å². The molecular formula is C20H12ClN3O2. The molecule has 1 aromatic heterocycles. The molecule has 4 rings (SSSR count). The largest absolute Gasteiger partial charge is 0.270 e. The molecule has 0 spiro atoms. The maximum absolute atomic E-state index is 11.1. The fourth-order valence-corrected chi connectivity index (χ4v) is 2.98. The van der Waals surface area contributed by atoms with Gasteiger partial charge >= 0.3 is 0 Å². The molecular weight excluding hydrogens is 350 g/mol. The molecule has 0 saturated heterocycles. The molecule has 0 bridgehead atoms. The molecule has 0 amide bonds. The Bertz CT molecular complexity index is 1130. The van der Waals surface area contributed by atoms with Gasteiger partial charge in [-0.25, -0.2) is 9.97 Å².